The number of methoxy groups -OCH3 is 3. The van der Waals surface area contributed by atoms with Crippen LogP contribution < -0.4 is 47.9 Å². The molecule has 10 N–H and O–H groups in total. The van der Waals surface area contributed by atoms with Gasteiger partial charge in [0.05, 0.1) is 88.0 Å². The SMILES string of the molecule is CC[C@H](C)[C@@H]([C@@H](CC(=O)N1CCC[C@H]1[C@H](OC)[C@@H](C)C(=O)N[C@@H](Cc1ccccc1)C(=O)NCCCOC(=O)[C@H](C)NC(=O)C[C@H](NC(=O)CCNC(=O)OC[C@H](CC(=O)CNC(=O)CCNC(=O)CCOCC(C)(C)C)C(=O)NCCOC)C(=O)O)OC)N(C)C(=O)[C@@H](NC(=O)[C@H](C(C)C)N(C)C)C(C)C. The first-order valence-corrected chi connectivity index (χ1v) is 36.9. The predicted octanol–water partition coefficient (Wildman–Crippen LogP) is 1.40. The number of hydrogen-bond acceptors (Lipinski definition) is 21. The number of hydrogen-bond donors (Lipinski definition) is 10. The van der Waals surface area contributed by atoms with Crippen molar-refractivity contribution in [2.45, 2.75) is 201 Å². The van der Waals surface area contributed by atoms with Gasteiger partial charge in [0, 0.05) is 93.2 Å². The molecular formula is C74H124N12O21. The largest absolute Gasteiger partial charge is 0.480 e. The van der Waals surface area contributed by atoms with Gasteiger partial charge in [-0.05, 0) is 69.0 Å². The van der Waals surface area contributed by atoms with Crippen LogP contribution in [-0.2, 0) is 97.2 Å². The standard InChI is InChI=1S/C74H124N12O21/c1-18-47(6)64(85(14)70(97)62(45(2)3)83-69(96)63(46(4)5)84(12)13)56(103-16)41-61(92)86-34-22-26-55(86)65(104-17)48(7)66(93)82-53(38-50-24-20-19-21-25-50)68(95)76-30-23-35-106-72(100)49(8)80-60(91)40-54(71(98)99)81-59(90)28-32-78-73(101)107-43-51(67(94)77-33-37-102-15)39-52(87)42-79-57(88)27-31-75-58(89)29-36-105-44-74(9,10)11/h19-21,24-25,45-49,51,53-56,62-65H,18,22-23,26-44H2,1-17H3,(H,75,89)(H,76,95)(H,77,94)(H,78,101)(H,79,88)(H,80,91)(H,81,90)(H,82,93)(H,83,96)(H,98,99)/t47-,48+,49-,51-,53-,54-,55-,56+,62-,63-,64-,65+/m0/s1. The molecule has 1 aromatic rings. The third-order valence-corrected chi connectivity index (χ3v) is 18.1. The monoisotopic (exact) mass is 1520 g/mol. The van der Waals surface area contributed by atoms with Gasteiger partial charge in [0.2, 0.25) is 59.1 Å². The van der Waals surface area contributed by atoms with Crippen molar-refractivity contribution in [2.75, 3.05) is 115 Å². The summed E-state index contributed by atoms with van der Waals surface area (Å²) in [5.41, 5.74) is 0.682. The number of carboxylic acids is 1. The summed E-state index contributed by atoms with van der Waals surface area (Å²) >= 11 is 0. The molecule has 606 valence electrons. The van der Waals surface area contributed by atoms with Gasteiger partial charge in [-0.2, -0.15) is 0 Å². The minimum atomic E-state index is -1.77. The molecule has 107 heavy (non-hydrogen) atoms. The van der Waals surface area contributed by atoms with E-state index in [0.29, 0.717) is 32.4 Å². The minimum Gasteiger partial charge on any atom is -0.480 e. The van der Waals surface area contributed by atoms with Crippen molar-refractivity contribution in [3.63, 3.8) is 0 Å². The van der Waals surface area contributed by atoms with Gasteiger partial charge in [0.25, 0.3) is 0 Å². The third kappa shape index (κ3) is 35.5. The van der Waals surface area contributed by atoms with Crippen molar-refractivity contribution in [2.24, 2.45) is 35.0 Å². The first-order chi connectivity index (χ1) is 50.4. The van der Waals surface area contributed by atoms with Gasteiger partial charge >= 0.3 is 18.0 Å². The van der Waals surface area contributed by atoms with Crippen molar-refractivity contribution in [3.8, 4) is 0 Å². The Labute approximate surface area is 630 Å². The number of amides is 11. The Kier molecular flexibility index (Phi) is 43.8. The number of carboxylic acid groups (broad SMARTS) is 1. The zero-order valence-corrected chi connectivity index (χ0v) is 66.0. The van der Waals surface area contributed by atoms with Crippen LogP contribution in [-0.4, -0.2) is 272 Å². The fourth-order valence-corrected chi connectivity index (χ4v) is 12.2. The summed E-state index contributed by atoms with van der Waals surface area (Å²) in [6.45, 7) is 20.1. The second-order valence-corrected chi connectivity index (χ2v) is 29.2. The summed E-state index contributed by atoms with van der Waals surface area (Å²) in [7, 11) is 9.69. The average Bonchev–Trinajstić information content (AvgIpc) is 1.79. The molecule has 11 amide bonds. The number of aliphatic carboxylic acids is 1. The number of benzene rings is 1. The fourth-order valence-electron chi connectivity index (χ4n) is 12.2. The first-order valence-electron chi connectivity index (χ1n) is 36.9. The minimum absolute atomic E-state index is 0.0108. The number of carbonyl (C=O) groups is 14. The number of ketones is 1. The van der Waals surface area contributed by atoms with Crippen LogP contribution in [0.3, 0.4) is 0 Å². The number of likely N-dealkylation sites (tertiary alicyclic amines) is 1. The molecule has 0 saturated carbocycles. The zero-order chi connectivity index (χ0) is 80.7. The second kappa shape index (κ2) is 49.5. The molecule has 0 radical (unpaired) electrons. The highest BCUT2D eigenvalue weighted by Crippen LogP contribution is 2.30. The molecule has 1 saturated heterocycles. The van der Waals surface area contributed by atoms with Gasteiger partial charge in [0.15, 0.2) is 5.78 Å². The Morgan fingerprint density at radius 3 is 1.88 bits per heavy atom. The van der Waals surface area contributed by atoms with E-state index < -0.39 is 165 Å². The number of nitrogens with one attached hydrogen (secondary N) is 9. The number of ether oxygens (including phenoxy) is 6. The molecule has 33 nitrogen and oxygen atoms in total. The maximum Gasteiger partial charge on any atom is 0.407 e. The smallest absolute Gasteiger partial charge is 0.407 e. The Bertz CT molecular complexity index is 3020. The molecule has 0 aromatic heterocycles. The number of esters is 1. The lowest BCUT2D eigenvalue weighted by Crippen LogP contribution is -2.59. The van der Waals surface area contributed by atoms with Crippen LogP contribution in [0, 0.1) is 35.0 Å². The van der Waals surface area contributed by atoms with E-state index in [0.717, 1.165) is 5.56 Å². The van der Waals surface area contributed by atoms with Crippen LogP contribution >= 0.6 is 0 Å². The highest BCUT2D eigenvalue weighted by Gasteiger charge is 2.44. The normalized spacial score (nSPS) is 16.0. The van der Waals surface area contributed by atoms with Crippen molar-refractivity contribution in [3.05, 3.63) is 35.9 Å². The van der Waals surface area contributed by atoms with Gasteiger partial charge in [-0.3, -0.25) is 57.6 Å². The molecule has 0 unspecified atom stereocenters. The van der Waals surface area contributed by atoms with Crippen LogP contribution in [0.1, 0.15) is 146 Å². The molecule has 0 bridgehead atoms. The van der Waals surface area contributed by atoms with Gasteiger partial charge in [-0.15, -0.1) is 0 Å². The van der Waals surface area contributed by atoms with Gasteiger partial charge in [0.1, 0.15) is 30.8 Å². The summed E-state index contributed by atoms with van der Waals surface area (Å²) in [5, 5.41) is 32.9. The van der Waals surface area contributed by atoms with Crippen LogP contribution in [0.5, 0.6) is 0 Å². The lowest BCUT2D eigenvalue weighted by molar-refractivity contribution is -0.148. The molecule has 33 heteroatoms. The highest BCUT2D eigenvalue weighted by molar-refractivity contribution is 5.93. The summed E-state index contributed by atoms with van der Waals surface area (Å²) in [6, 6.07) is 2.42. The molecule has 1 fully saturated rings. The predicted molar refractivity (Wildman–Crippen MR) is 395 cm³/mol. The van der Waals surface area contributed by atoms with Crippen LogP contribution in [0.2, 0.25) is 0 Å². The molecule has 1 heterocycles. The van der Waals surface area contributed by atoms with Crippen LogP contribution in [0.4, 0.5) is 4.79 Å². The zero-order valence-electron chi connectivity index (χ0n) is 66.0. The number of alkyl carbamates (subject to hydrolysis) is 1. The summed E-state index contributed by atoms with van der Waals surface area (Å²) in [6.07, 6.45) is -2.55. The van der Waals surface area contributed by atoms with E-state index >= 15 is 0 Å². The average molecular weight is 1520 g/mol. The molecule has 12 atom stereocenters. The molecule has 0 spiro atoms. The Morgan fingerprint density at radius 1 is 0.636 bits per heavy atom. The second-order valence-electron chi connectivity index (χ2n) is 29.2. The number of likely N-dealkylation sites (N-methyl/N-ethyl adjacent to an activating group) is 2. The van der Waals surface area contributed by atoms with E-state index in [1.807, 2.05) is 87.4 Å². The number of Topliss-reactive ketones (excluding diaryl/α,β-unsaturated/α-hetero) is 1. The van der Waals surface area contributed by atoms with Gasteiger partial charge in [-0.25, -0.2) is 14.4 Å². The van der Waals surface area contributed by atoms with Crippen LogP contribution in [0.15, 0.2) is 30.3 Å². The lowest BCUT2D eigenvalue weighted by atomic mass is 9.89. The van der Waals surface area contributed by atoms with Gasteiger partial charge in [-0.1, -0.05) is 106 Å². The van der Waals surface area contributed by atoms with Crippen molar-refractivity contribution in [1.82, 2.24) is 62.6 Å². The third-order valence-electron chi connectivity index (χ3n) is 18.1. The Morgan fingerprint density at radius 2 is 1.28 bits per heavy atom. The van der Waals surface area contributed by atoms with E-state index in [-0.39, 0.29) is 118 Å². The van der Waals surface area contributed by atoms with Crippen molar-refractivity contribution < 1.29 is 101 Å². The van der Waals surface area contributed by atoms with Crippen molar-refractivity contribution in [1.29, 1.82) is 0 Å². The van der Waals surface area contributed by atoms with E-state index in [1.54, 1.807) is 48.0 Å². The number of rotatable bonds is 51. The molecular weight excluding hydrogens is 1390 g/mol. The highest BCUT2D eigenvalue weighted by atomic mass is 16.6. The fraction of sp³-hybridized carbons (Fsp3) is 0.730. The Hall–Kier alpha value is -8.40. The molecule has 1 aliphatic rings. The summed E-state index contributed by atoms with van der Waals surface area (Å²) in [5.74, 6) is -10.8. The van der Waals surface area contributed by atoms with E-state index in [2.05, 4.69) is 47.9 Å². The molecule has 1 aromatic carbocycles. The van der Waals surface area contributed by atoms with E-state index in [1.165, 1.54) is 28.3 Å². The maximum absolute atomic E-state index is 14.6. The van der Waals surface area contributed by atoms with E-state index in [9.17, 15) is 72.2 Å². The quantitative estimate of drug-likeness (QED) is 0.0325. The number of nitrogens with zero attached hydrogens (tertiary/aromatic N) is 3. The maximum atomic E-state index is 14.6. The lowest BCUT2D eigenvalue weighted by Gasteiger charge is -2.41. The van der Waals surface area contributed by atoms with Crippen molar-refractivity contribution >= 4 is 82.9 Å². The Balaban J connectivity index is 1.98. The molecule has 1 aliphatic heterocycles. The van der Waals surface area contributed by atoms with E-state index in [4.69, 9.17) is 28.4 Å². The first kappa shape index (κ1) is 94.7. The molecule has 2 rings (SSSR count). The topological polar surface area (TPSA) is 433 Å². The summed E-state index contributed by atoms with van der Waals surface area (Å²) < 4.78 is 33.0. The molecule has 0 aliphatic carbocycles. The van der Waals surface area contributed by atoms with Crippen LogP contribution in [0.25, 0.3) is 0 Å². The summed E-state index contributed by atoms with van der Waals surface area (Å²) in [4.78, 5) is 190. The number of carbonyl (C=O) groups excluding carboxylic acids is 13. The van der Waals surface area contributed by atoms with Gasteiger partial charge < -0.3 is 91.2 Å².